The zero-order valence-electron chi connectivity index (χ0n) is 7.82. The van der Waals surface area contributed by atoms with Gasteiger partial charge in [-0.1, -0.05) is 17.7 Å². The van der Waals surface area contributed by atoms with Crippen LogP contribution in [0.1, 0.15) is 5.56 Å². The Labute approximate surface area is 106 Å². The van der Waals surface area contributed by atoms with Gasteiger partial charge in [0.2, 0.25) is 0 Å². The van der Waals surface area contributed by atoms with E-state index in [4.69, 9.17) is 17.3 Å². The average Bonchev–Trinajstić information content (AvgIpc) is 2.58. The third-order valence-electron chi connectivity index (χ3n) is 2.08. The number of nitrogens with two attached hydrogens (primary N) is 1. The quantitative estimate of drug-likeness (QED) is 0.678. The molecule has 0 radical (unpaired) electrons. The maximum absolute atomic E-state index is 6.06. The molecule has 1 aromatic heterocycles. The molecular weight excluding hydrogens is 324 g/mol. The van der Waals surface area contributed by atoms with Crippen molar-refractivity contribution in [3.63, 3.8) is 0 Å². The van der Waals surface area contributed by atoms with Gasteiger partial charge in [0, 0.05) is 22.5 Å². The van der Waals surface area contributed by atoms with Crippen molar-refractivity contribution in [1.82, 2.24) is 9.78 Å². The summed E-state index contributed by atoms with van der Waals surface area (Å²) >= 11 is 8.28. The standard InChI is InChI=1S/C10H9ClIN3/c11-9-2-1-3-10(13)8(9)6-15-5-7(12)4-14-15/h1-5H,6,13H2. The minimum atomic E-state index is 0.606. The van der Waals surface area contributed by atoms with Crippen molar-refractivity contribution in [3.8, 4) is 0 Å². The van der Waals surface area contributed by atoms with E-state index in [0.29, 0.717) is 17.3 Å². The van der Waals surface area contributed by atoms with Crippen LogP contribution in [-0.2, 0) is 6.54 Å². The Morgan fingerprint density at radius 3 is 2.87 bits per heavy atom. The Morgan fingerprint density at radius 2 is 2.27 bits per heavy atom. The number of nitrogens with zero attached hydrogens (tertiary/aromatic N) is 2. The Bertz CT molecular complexity index is 461. The van der Waals surface area contributed by atoms with Crippen molar-refractivity contribution in [2.75, 3.05) is 5.73 Å². The summed E-state index contributed by atoms with van der Waals surface area (Å²) in [5, 5.41) is 4.87. The molecule has 0 aliphatic rings. The van der Waals surface area contributed by atoms with Gasteiger partial charge in [-0.15, -0.1) is 0 Å². The van der Waals surface area contributed by atoms with Gasteiger partial charge in [0.1, 0.15) is 0 Å². The maximum Gasteiger partial charge on any atom is 0.0694 e. The summed E-state index contributed by atoms with van der Waals surface area (Å²) in [5.74, 6) is 0. The van der Waals surface area contributed by atoms with Crippen LogP contribution in [0.2, 0.25) is 5.02 Å². The van der Waals surface area contributed by atoms with Gasteiger partial charge in [0.15, 0.2) is 0 Å². The summed E-state index contributed by atoms with van der Waals surface area (Å²) in [4.78, 5) is 0. The highest BCUT2D eigenvalue weighted by Crippen LogP contribution is 2.22. The summed E-state index contributed by atoms with van der Waals surface area (Å²) in [6.45, 7) is 0.606. The predicted octanol–water partition coefficient (Wildman–Crippen LogP) is 2.77. The predicted molar refractivity (Wildman–Crippen MR) is 69.9 cm³/mol. The lowest BCUT2D eigenvalue weighted by atomic mass is 10.2. The van der Waals surface area contributed by atoms with E-state index in [1.807, 2.05) is 29.1 Å². The van der Waals surface area contributed by atoms with Crippen LogP contribution in [0.3, 0.4) is 0 Å². The fraction of sp³-hybridized carbons (Fsp3) is 0.100. The second-order valence-corrected chi connectivity index (χ2v) is 4.82. The van der Waals surface area contributed by atoms with Crippen LogP contribution in [0.5, 0.6) is 0 Å². The Morgan fingerprint density at radius 1 is 1.47 bits per heavy atom. The van der Waals surface area contributed by atoms with Crippen LogP contribution in [0.15, 0.2) is 30.6 Å². The van der Waals surface area contributed by atoms with E-state index in [1.54, 1.807) is 6.20 Å². The third-order valence-corrected chi connectivity index (χ3v) is 2.99. The fourth-order valence-electron chi connectivity index (χ4n) is 1.33. The van der Waals surface area contributed by atoms with E-state index in [-0.39, 0.29) is 0 Å². The molecule has 2 aromatic rings. The zero-order valence-corrected chi connectivity index (χ0v) is 10.7. The molecule has 1 heterocycles. The van der Waals surface area contributed by atoms with Crippen LogP contribution >= 0.6 is 34.2 Å². The first kappa shape index (κ1) is 10.8. The summed E-state index contributed by atoms with van der Waals surface area (Å²) in [7, 11) is 0. The molecular formula is C10H9ClIN3. The second kappa shape index (κ2) is 4.40. The molecule has 0 spiro atoms. The van der Waals surface area contributed by atoms with Crippen LogP contribution in [0.25, 0.3) is 0 Å². The van der Waals surface area contributed by atoms with Crippen LogP contribution in [0, 0.1) is 3.57 Å². The molecule has 0 saturated carbocycles. The number of hydrogen-bond donors (Lipinski definition) is 1. The highest BCUT2D eigenvalue weighted by Gasteiger charge is 2.05. The highest BCUT2D eigenvalue weighted by atomic mass is 127. The van der Waals surface area contributed by atoms with Crippen molar-refractivity contribution < 1.29 is 0 Å². The molecule has 0 bridgehead atoms. The number of nitrogen functional groups attached to an aromatic ring is 1. The normalized spacial score (nSPS) is 10.5. The van der Waals surface area contributed by atoms with E-state index >= 15 is 0 Å². The van der Waals surface area contributed by atoms with Gasteiger partial charge < -0.3 is 5.73 Å². The van der Waals surface area contributed by atoms with Crippen molar-refractivity contribution >= 4 is 39.9 Å². The van der Waals surface area contributed by atoms with Gasteiger partial charge in [-0.2, -0.15) is 5.10 Å². The van der Waals surface area contributed by atoms with Crippen LogP contribution in [-0.4, -0.2) is 9.78 Å². The first-order chi connectivity index (χ1) is 7.16. The third kappa shape index (κ3) is 2.43. The lowest BCUT2D eigenvalue weighted by molar-refractivity contribution is 0.688. The number of rotatable bonds is 2. The molecule has 1 aromatic carbocycles. The second-order valence-electron chi connectivity index (χ2n) is 3.16. The minimum absolute atomic E-state index is 0.606. The van der Waals surface area contributed by atoms with E-state index in [1.165, 1.54) is 0 Å². The molecule has 0 fully saturated rings. The molecule has 0 aliphatic carbocycles. The molecule has 0 amide bonds. The van der Waals surface area contributed by atoms with E-state index in [9.17, 15) is 0 Å². The summed E-state index contributed by atoms with van der Waals surface area (Å²) < 4.78 is 2.91. The molecule has 15 heavy (non-hydrogen) atoms. The largest absolute Gasteiger partial charge is 0.398 e. The number of aromatic nitrogens is 2. The summed E-state index contributed by atoms with van der Waals surface area (Å²) in [6.07, 6.45) is 3.75. The maximum atomic E-state index is 6.06. The smallest absolute Gasteiger partial charge is 0.0694 e. The summed E-state index contributed by atoms with van der Waals surface area (Å²) in [6, 6.07) is 5.52. The topological polar surface area (TPSA) is 43.8 Å². The average molecular weight is 334 g/mol. The highest BCUT2D eigenvalue weighted by molar-refractivity contribution is 14.1. The first-order valence-corrected chi connectivity index (χ1v) is 5.83. The van der Waals surface area contributed by atoms with Crippen molar-refractivity contribution in [3.05, 3.63) is 44.7 Å². The van der Waals surface area contributed by atoms with Crippen LogP contribution in [0.4, 0.5) is 5.69 Å². The molecule has 0 saturated heterocycles. The molecule has 2 N–H and O–H groups in total. The fourth-order valence-corrected chi connectivity index (χ4v) is 2.02. The number of benzene rings is 1. The lowest BCUT2D eigenvalue weighted by Crippen LogP contribution is -2.04. The van der Waals surface area contributed by atoms with Gasteiger partial charge in [-0.25, -0.2) is 0 Å². The molecule has 0 aliphatic heterocycles. The zero-order chi connectivity index (χ0) is 10.8. The Hall–Kier alpha value is -0.750. The van der Waals surface area contributed by atoms with Gasteiger partial charge in [-0.3, -0.25) is 4.68 Å². The van der Waals surface area contributed by atoms with Gasteiger partial charge in [-0.05, 0) is 34.7 Å². The molecule has 0 unspecified atom stereocenters. The van der Waals surface area contributed by atoms with E-state index in [0.717, 1.165) is 9.13 Å². The number of hydrogen-bond acceptors (Lipinski definition) is 2. The molecule has 78 valence electrons. The molecule has 0 atom stereocenters. The minimum Gasteiger partial charge on any atom is -0.398 e. The Kier molecular flexibility index (Phi) is 3.16. The molecule has 5 heteroatoms. The first-order valence-electron chi connectivity index (χ1n) is 4.37. The Balaban J connectivity index is 2.31. The number of halogens is 2. The van der Waals surface area contributed by atoms with Gasteiger partial charge in [0.05, 0.1) is 16.3 Å². The van der Waals surface area contributed by atoms with E-state index < -0.39 is 0 Å². The monoisotopic (exact) mass is 333 g/mol. The van der Waals surface area contributed by atoms with E-state index in [2.05, 4.69) is 27.7 Å². The van der Waals surface area contributed by atoms with Crippen molar-refractivity contribution in [1.29, 1.82) is 0 Å². The van der Waals surface area contributed by atoms with Crippen molar-refractivity contribution in [2.45, 2.75) is 6.54 Å². The summed E-state index contributed by atoms with van der Waals surface area (Å²) in [5.41, 5.74) is 7.47. The van der Waals surface area contributed by atoms with Gasteiger partial charge >= 0.3 is 0 Å². The van der Waals surface area contributed by atoms with Gasteiger partial charge in [0.25, 0.3) is 0 Å². The van der Waals surface area contributed by atoms with Crippen LogP contribution < -0.4 is 5.73 Å². The number of anilines is 1. The lowest BCUT2D eigenvalue weighted by Gasteiger charge is -2.07. The van der Waals surface area contributed by atoms with Crippen molar-refractivity contribution in [2.24, 2.45) is 0 Å². The SMILES string of the molecule is Nc1cccc(Cl)c1Cn1cc(I)cn1. The molecule has 2 rings (SSSR count). The molecule has 3 nitrogen and oxygen atoms in total.